The van der Waals surface area contributed by atoms with Crippen molar-refractivity contribution < 1.29 is 14.6 Å². The van der Waals surface area contributed by atoms with Crippen LogP contribution >= 0.6 is 0 Å². The molecule has 0 saturated carbocycles. The van der Waals surface area contributed by atoms with Crippen LogP contribution in [0.25, 0.3) is 0 Å². The standard InChI is InChI=1S/C6H9NO3/c8-6(9)7-2-1-4-5(3-7)10-4/h4-5H,1-3H2,(H,8,9). The van der Waals surface area contributed by atoms with Gasteiger partial charge in [0, 0.05) is 6.54 Å². The molecule has 0 radical (unpaired) electrons. The summed E-state index contributed by atoms with van der Waals surface area (Å²) < 4.78 is 5.15. The quantitative estimate of drug-likeness (QED) is 0.490. The number of hydrogen-bond donors (Lipinski definition) is 1. The summed E-state index contributed by atoms with van der Waals surface area (Å²) in [5, 5.41) is 8.54. The normalized spacial score (nSPS) is 37.0. The van der Waals surface area contributed by atoms with E-state index in [-0.39, 0.29) is 6.10 Å². The highest BCUT2D eigenvalue weighted by Gasteiger charge is 2.44. The number of epoxide rings is 1. The third-order valence-electron chi connectivity index (χ3n) is 2.04. The zero-order valence-electron chi connectivity index (χ0n) is 5.49. The molecule has 4 nitrogen and oxygen atoms in total. The number of carboxylic acid groups (broad SMARTS) is 1. The summed E-state index contributed by atoms with van der Waals surface area (Å²) in [6.45, 7) is 1.20. The fraction of sp³-hybridized carbons (Fsp3) is 0.833. The van der Waals surface area contributed by atoms with Crippen LogP contribution in [0.3, 0.4) is 0 Å². The fourth-order valence-electron chi connectivity index (χ4n) is 1.36. The molecule has 2 aliphatic rings. The summed E-state index contributed by atoms with van der Waals surface area (Å²) in [6, 6.07) is 0. The lowest BCUT2D eigenvalue weighted by Crippen LogP contribution is -2.38. The third-order valence-corrected chi connectivity index (χ3v) is 2.04. The first-order valence-electron chi connectivity index (χ1n) is 3.41. The second-order valence-electron chi connectivity index (χ2n) is 2.73. The van der Waals surface area contributed by atoms with Crippen LogP contribution in [0.4, 0.5) is 4.79 Å². The molecule has 2 rings (SSSR count). The van der Waals surface area contributed by atoms with Gasteiger partial charge in [-0.1, -0.05) is 0 Å². The second kappa shape index (κ2) is 1.85. The molecule has 2 aliphatic heterocycles. The van der Waals surface area contributed by atoms with E-state index in [0.29, 0.717) is 19.2 Å². The van der Waals surface area contributed by atoms with E-state index in [2.05, 4.69) is 0 Å². The average molecular weight is 143 g/mol. The highest BCUT2D eigenvalue weighted by atomic mass is 16.6. The number of ether oxygens (including phenoxy) is 1. The zero-order valence-corrected chi connectivity index (χ0v) is 5.49. The van der Waals surface area contributed by atoms with Crippen LogP contribution < -0.4 is 0 Å². The van der Waals surface area contributed by atoms with Crippen molar-refractivity contribution in [1.82, 2.24) is 4.90 Å². The summed E-state index contributed by atoms with van der Waals surface area (Å²) >= 11 is 0. The van der Waals surface area contributed by atoms with Crippen molar-refractivity contribution >= 4 is 6.09 Å². The molecular formula is C6H9NO3. The van der Waals surface area contributed by atoms with Gasteiger partial charge in [-0.2, -0.15) is 0 Å². The molecule has 0 aliphatic carbocycles. The van der Waals surface area contributed by atoms with Gasteiger partial charge in [0.05, 0.1) is 12.6 Å². The largest absolute Gasteiger partial charge is 0.465 e. The van der Waals surface area contributed by atoms with Crippen LogP contribution in [0.2, 0.25) is 0 Å². The summed E-state index contributed by atoms with van der Waals surface area (Å²) in [5.74, 6) is 0. The van der Waals surface area contributed by atoms with Gasteiger partial charge in [-0.05, 0) is 6.42 Å². The van der Waals surface area contributed by atoms with E-state index in [1.807, 2.05) is 0 Å². The molecular weight excluding hydrogens is 134 g/mol. The lowest BCUT2D eigenvalue weighted by Gasteiger charge is -2.20. The molecule has 2 saturated heterocycles. The van der Waals surface area contributed by atoms with Gasteiger partial charge in [0.2, 0.25) is 0 Å². The molecule has 10 heavy (non-hydrogen) atoms. The van der Waals surface area contributed by atoms with Crippen molar-refractivity contribution in [1.29, 1.82) is 0 Å². The molecule has 56 valence electrons. The number of likely N-dealkylation sites (tertiary alicyclic amines) is 1. The van der Waals surface area contributed by atoms with Crippen molar-refractivity contribution in [2.75, 3.05) is 13.1 Å². The first kappa shape index (κ1) is 5.97. The van der Waals surface area contributed by atoms with Gasteiger partial charge in [0.15, 0.2) is 0 Å². The number of piperidine rings is 1. The molecule has 2 heterocycles. The van der Waals surface area contributed by atoms with Crippen LogP contribution in [0.15, 0.2) is 0 Å². The third kappa shape index (κ3) is 0.844. The minimum Gasteiger partial charge on any atom is -0.465 e. The van der Waals surface area contributed by atoms with Gasteiger partial charge in [-0.15, -0.1) is 0 Å². The average Bonchev–Trinajstić information content (AvgIpc) is 2.63. The van der Waals surface area contributed by atoms with Crippen LogP contribution in [0.1, 0.15) is 6.42 Å². The summed E-state index contributed by atoms with van der Waals surface area (Å²) in [5.41, 5.74) is 0. The summed E-state index contributed by atoms with van der Waals surface area (Å²) in [6.07, 6.45) is 0.631. The Morgan fingerprint density at radius 3 is 3.00 bits per heavy atom. The minimum absolute atomic E-state index is 0.213. The van der Waals surface area contributed by atoms with Gasteiger partial charge in [-0.25, -0.2) is 4.79 Å². The molecule has 0 aromatic carbocycles. The first-order chi connectivity index (χ1) is 4.77. The Balaban J connectivity index is 1.94. The van der Waals surface area contributed by atoms with Crippen LogP contribution in [0, 0.1) is 0 Å². The highest BCUT2D eigenvalue weighted by molar-refractivity contribution is 5.65. The molecule has 2 fully saturated rings. The number of hydrogen-bond acceptors (Lipinski definition) is 2. The smallest absolute Gasteiger partial charge is 0.407 e. The lowest BCUT2D eigenvalue weighted by molar-refractivity contribution is 0.139. The Labute approximate surface area is 58.4 Å². The fourth-order valence-corrected chi connectivity index (χ4v) is 1.36. The molecule has 0 spiro atoms. The molecule has 2 unspecified atom stereocenters. The second-order valence-corrected chi connectivity index (χ2v) is 2.73. The Hall–Kier alpha value is -0.770. The maximum Gasteiger partial charge on any atom is 0.407 e. The SMILES string of the molecule is O=C(O)N1CCC2OC2C1. The van der Waals surface area contributed by atoms with E-state index in [9.17, 15) is 4.79 Å². The molecule has 0 aromatic rings. The van der Waals surface area contributed by atoms with Crippen LogP contribution in [0.5, 0.6) is 0 Å². The van der Waals surface area contributed by atoms with Gasteiger partial charge in [0.1, 0.15) is 6.10 Å². The first-order valence-corrected chi connectivity index (χ1v) is 3.41. The Morgan fingerprint density at radius 1 is 1.60 bits per heavy atom. The summed E-state index contributed by atoms with van der Waals surface area (Å²) in [4.78, 5) is 11.8. The van der Waals surface area contributed by atoms with Crippen molar-refractivity contribution in [3.63, 3.8) is 0 Å². The Bertz CT molecular complexity index is 170. The predicted octanol–water partition coefficient (Wildman–Crippen LogP) is 0.137. The summed E-state index contributed by atoms with van der Waals surface area (Å²) in [7, 11) is 0. The number of fused-ring (bicyclic) bond motifs is 1. The Morgan fingerprint density at radius 2 is 2.40 bits per heavy atom. The predicted molar refractivity (Wildman–Crippen MR) is 32.9 cm³/mol. The van der Waals surface area contributed by atoms with Crippen molar-refractivity contribution in [3.05, 3.63) is 0 Å². The van der Waals surface area contributed by atoms with Crippen molar-refractivity contribution in [2.45, 2.75) is 18.6 Å². The van der Waals surface area contributed by atoms with E-state index in [1.54, 1.807) is 0 Å². The zero-order chi connectivity index (χ0) is 7.14. The van der Waals surface area contributed by atoms with E-state index in [4.69, 9.17) is 9.84 Å². The molecule has 4 heteroatoms. The maximum absolute atomic E-state index is 10.4. The van der Waals surface area contributed by atoms with Gasteiger partial charge < -0.3 is 14.7 Å². The van der Waals surface area contributed by atoms with Crippen molar-refractivity contribution in [2.24, 2.45) is 0 Å². The Kier molecular flexibility index (Phi) is 1.11. The van der Waals surface area contributed by atoms with Gasteiger partial charge in [-0.3, -0.25) is 0 Å². The number of carbonyl (C=O) groups is 1. The van der Waals surface area contributed by atoms with E-state index in [1.165, 1.54) is 4.90 Å². The van der Waals surface area contributed by atoms with Crippen LogP contribution in [-0.4, -0.2) is 41.4 Å². The van der Waals surface area contributed by atoms with E-state index in [0.717, 1.165) is 6.42 Å². The van der Waals surface area contributed by atoms with Gasteiger partial charge >= 0.3 is 6.09 Å². The highest BCUT2D eigenvalue weighted by Crippen LogP contribution is 2.30. The maximum atomic E-state index is 10.4. The topological polar surface area (TPSA) is 53.1 Å². The molecule has 2 atom stereocenters. The van der Waals surface area contributed by atoms with Crippen molar-refractivity contribution in [3.8, 4) is 0 Å². The number of amides is 1. The lowest BCUT2D eigenvalue weighted by atomic mass is 10.1. The van der Waals surface area contributed by atoms with E-state index >= 15 is 0 Å². The monoisotopic (exact) mass is 143 g/mol. The molecule has 1 amide bonds. The van der Waals surface area contributed by atoms with Gasteiger partial charge in [0.25, 0.3) is 0 Å². The number of rotatable bonds is 0. The molecule has 0 aromatic heterocycles. The molecule has 1 N–H and O–H groups in total. The van der Waals surface area contributed by atoms with Crippen LogP contribution in [-0.2, 0) is 4.74 Å². The minimum atomic E-state index is -0.825. The number of nitrogens with zero attached hydrogens (tertiary/aromatic N) is 1. The van der Waals surface area contributed by atoms with E-state index < -0.39 is 6.09 Å². The molecule has 0 bridgehead atoms.